The SMILES string of the molecule is CC[C@@H](C(=O)NCC(C)C)N(Cc1cccc(C)c1)C(=O)CN(c1cccc(C)c1)S(C)(=O)=O. The van der Waals surface area contributed by atoms with Crippen molar-refractivity contribution < 1.29 is 18.0 Å². The van der Waals surface area contributed by atoms with E-state index in [2.05, 4.69) is 5.32 Å². The molecule has 0 saturated carbocycles. The van der Waals surface area contributed by atoms with E-state index in [1.165, 1.54) is 4.90 Å². The zero-order valence-corrected chi connectivity index (χ0v) is 21.9. The Morgan fingerprint density at radius 1 is 1.00 bits per heavy atom. The van der Waals surface area contributed by atoms with Gasteiger partial charge in [0.15, 0.2) is 0 Å². The molecule has 186 valence electrons. The Kier molecular flexibility index (Phi) is 9.67. The Balaban J connectivity index is 2.42. The van der Waals surface area contributed by atoms with Crippen molar-refractivity contribution in [3.05, 3.63) is 65.2 Å². The summed E-state index contributed by atoms with van der Waals surface area (Å²) >= 11 is 0. The third-order valence-electron chi connectivity index (χ3n) is 5.47. The van der Waals surface area contributed by atoms with Gasteiger partial charge in [0.25, 0.3) is 0 Å². The standard InChI is InChI=1S/C26H37N3O4S/c1-7-24(26(31)27-16-19(2)3)28(17-22-12-8-10-20(4)14-22)25(30)18-29(34(6,32)33)23-13-9-11-21(5)15-23/h8-15,19,24H,7,16-18H2,1-6H3,(H,27,31)/t24-/m0/s1. The smallest absolute Gasteiger partial charge is 0.244 e. The lowest BCUT2D eigenvalue weighted by atomic mass is 10.1. The van der Waals surface area contributed by atoms with E-state index in [9.17, 15) is 18.0 Å². The summed E-state index contributed by atoms with van der Waals surface area (Å²) in [7, 11) is -3.73. The van der Waals surface area contributed by atoms with Gasteiger partial charge in [-0.15, -0.1) is 0 Å². The van der Waals surface area contributed by atoms with Gasteiger partial charge in [-0.1, -0.05) is 62.7 Å². The number of hydrogen-bond donors (Lipinski definition) is 1. The lowest BCUT2D eigenvalue weighted by Gasteiger charge is -2.33. The maximum atomic E-state index is 13.6. The summed E-state index contributed by atoms with van der Waals surface area (Å²) in [5, 5.41) is 2.92. The maximum Gasteiger partial charge on any atom is 0.244 e. The van der Waals surface area contributed by atoms with E-state index in [-0.39, 0.29) is 24.9 Å². The molecule has 0 aliphatic heterocycles. The van der Waals surface area contributed by atoms with Crippen LogP contribution < -0.4 is 9.62 Å². The average molecular weight is 488 g/mol. The molecule has 2 rings (SSSR count). The fraction of sp³-hybridized carbons (Fsp3) is 0.462. The zero-order chi connectivity index (χ0) is 25.5. The molecule has 0 aliphatic carbocycles. The molecule has 0 unspecified atom stereocenters. The van der Waals surface area contributed by atoms with Crippen LogP contribution in [0.15, 0.2) is 48.5 Å². The predicted octanol–water partition coefficient (Wildman–Crippen LogP) is 3.65. The first-order valence-corrected chi connectivity index (χ1v) is 13.4. The molecule has 0 heterocycles. The zero-order valence-electron chi connectivity index (χ0n) is 21.0. The van der Waals surface area contributed by atoms with Crippen LogP contribution in [0.25, 0.3) is 0 Å². The van der Waals surface area contributed by atoms with E-state index < -0.39 is 22.0 Å². The Morgan fingerprint density at radius 3 is 2.15 bits per heavy atom. The molecule has 0 aromatic heterocycles. The molecule has 34 heavy (non-hydrogen) atoms. The quantitative estimate of drug-likeness (QED) is 0.524. The molecular formula is C26H37N3O4S. The number of amides is 2. The molecule has 0 radical (unpaired) electrons. The second-order valence-electron chi connectivity index (χ2n) is 9.18. The second kappa shape index (κ2) is 12.0. The number of anilines is 1. The fourth-order valence-corrected chi connectivity index (χ4v) is 4.59. The van der Waals surface area contributed by atoms with E-state index in [0.29, 0.717) is 18.7 Å². The number of sulfonamides is 1. The van der Waals surface area contributed by atoms with Crippen molar-refractivity contribution in [2.24, 2.45) is 5.92 Å². The summed E-state index contributed by atoms with van der Waals surface area (Å²) < 4.78 is 26.4. The lowest BCUT2D eigenvalue weighted by molar-refractivity contribution is -0.140. The molecule has 1 atom stereocenters. The van der Waals surface area contributed by atoms with E-state index in [1.54, 1.807) is 18.2 Å². The normalized spacial score (nSPS) is 12.3. The minimum Gasteiger partial charge on any atom is -0.354 e. The molecule has 2 aromatic rings. The van der Waals surface area contributed by atoms with Crippen LogP contribution in [0.4, 0.5) is 5.69 Å². The molecule has 0 saturated heterocycles. The van der Waals surface area contributed by atoms with Gasteiger partial charge < -0.3 is 10.2 Å². The largest absolute Gasteiger partial charge is 0.354 e. The van der Waals surface area contributed by atoms with Crippen molar-refractivity contribution in [3.63, 3.8) is 0 Å². The van der Waals surface area contributed by atoms with Crippen molar-refractivity contribution >= 4 is 27.5 Å². The minimum absolute atomic E-state index is 0.208. The van der Waals surface area contributed by atoms with Gasteiger partial charge in [-0.05, 0) is 49.4 Å². The van der Waals surface area contributed by atoms with Gasteiger partial charge in [0.05, 0.1) is 11.9 Å². The number of carbonyl (C=O) groups excluding carboxylic acids is 2. The van der Waals surface area contributed by atoms with E-state index in [1.807, 2.05) is 65.0 Å². The van der Waals surface area contributed by atoms with Crippen molar-refractivity contribution in [2.75, 3.05) is 23.7 Å². The molecule has 2 amide bonds. The molecule has 2 aromatic carbocycles. The predicted molar refractivity (Wildman–Crippen MR) is 137 cm³/mol. The first-order chi connectivity index (χ1) is 15.9. The van der Waals surface area contributed by atoms with Gasteiger partial charge in [0.2, 0.25) is 21.8 Å². The monoisotopic (exact) mass is 487 g/mol. The topological polar surface area (TPSA) is 86.8 Å². The molecule has 7 nitrogen and oxygen atoms in total. The minimum atomic E-state index is -3.73. The number of carbonyl (C=O) groups is 2. The van der Waals surface area contributed by atoms with Crippen LogP contribution in [0, 0.1) is 19.8 Å². The van der Waals surface area contributed by atoms with Gasteiger partial charge in [-0.3, -0.25) is 13.9 Å². The molecule has 0 spiro atoms. The van der Waals surface area contributed by atoms with Crippen LogP contribution in [0.2, 0.25) is 0 Å². The van der Waals surface area contributed by atoms with Crippen LogP contribution in [0.5, 0.6) is 0 Å². The lowest BCUT2D eigenvalue weighted by Crippen LogP contribution is -2.52. The van der Waals surface area contributed by atoms with Gasteiger partial charge in [0, 0.05) is 13.1 Å². The fourth-order valence-electron chi connectivity index (χ4n) is 3.75. The van der Waals surface area contributed by atoms with E-state index >= 15 is 0 Å². The highest BCUT2D eigenvalue weighted by molar-refractivity contribution is 7.92. The van der Waals surface area contributed by atoms with E-state index in [0.717, 1.165) is 27.3 Å². The van der Waals surface area contributed by atoms with Crippen LogP contribution in [-0.2, 0) is 26.2 Å². The van der Waals surface area contributed by atoms with Gasteiger partial charge in [-0.25, -0.2) is 8.42 Å². The third kappa shape index (κ3) is 7.87. The average Bonchev–Trinajstić information content (AvgIpc) is 2.75. The van der Waals surface area contributed by atoms with Gasteiger partial charge in [0.1, 0.15) is 12.6 Å². The summed E-state index contributed by atoms with van der Waals surface area (Å²) in [5.41, 5.74) is 3.23. The van der Waals surface area contributed by atoms with Crippen LogP contribution in [-0.4, -0.2) is 50.5 Å². The van der Waals surface area contributed by atoms with Gasteiger partial charge >= 0.3 is 0 Å². The van der Waals surface area contributed by atoms with Crippen molar-refractivity contribution in [2.45, 2.75) is 53.6 Å². The van der Waals surface area contributed by atoms with Crippen LogP contribution in [0.1, 0.15) is 43.9 Å². The number of rotatable bonds is 11. The molecule has 1 N–H and O–H groups in total. The summed E-state index contributed by atoms with van der Waals surface area (Å²) in [6.07, 6.45) is 1.49. The highest BCUT2D eigenvalue weighted by Crippen LogP contribution is 2.21. The van der Waals surface area contributed by atoms with Crippen LogP contribution >= 0.6 is 0 Å². The first kappa shape index (κ1) is 27.4. The summed E-state index contributed by atoms with van der Waals surface area (Å²) in [5.74, 6) is -0.400. The summed E-state index contributed by atoms with van der Waals surface area (Å²) in [4.78, 5) is 28.2. The number of aryl methyl sites for hydroxylation is 2. The molecule has 0 fully saturated rings. The van der Waals surface area contributed by atoms with Crippen molar-refractivity contribution in [1.82, 2.24) is 10.2 Å². The maximum absolute atomic E-state index is 13.6. The molecular weight excluding hydrogens is 450 g/mol. The second-order valence-corrected chi connectivity index (χ2v) is 11.1. The molecule has 0 bridgehead atoms. The van der Waals surface area contributed by atoms with Crippen LogP contribution in [0.3, 0.4) is 0 Å². The Labute approximate surface area is 204 Å². The third-order valence-corrected chi connectivity index (χ3v) is 6.62. The summed E-state index contributed by atoms with van der Waals surface area (Å²) in [6, 6.07) is 14.0. The number of nitrogens with one attached hydrogen (secondary N) is 1. The molecule has 8 heteroatoms. The van der Waals surface area contributed by atoms with Crippen molar-refractivity contribution in [1.29, 1.82) is 0 Å². The van der Waals surface area contributed by atoms with Crippen molar-refractivity contribution in [3.8, 4) is 0 Å². The Hall–Kier alpha value is -2.87. The molecule has 0 aliphatic rings. The number of nitrogens with zero attached hydrogens (tertiary/aromatic N) is 2. The first-order valence-electron chi connectivity index (χ1n) is 11.6. The Morgan fingerprint density at radius 2 is 1.62 bits per heavy atom. The van der Waals surface area contributed by atoms with Gasteiger partial charge in [-0.2, -0.15) is 0 Å². The van der Waals surface area contributed by atoms with E-state index in [4.69, 9.17) is 0 Å². The highest BCUT2D eigenvalue weighted by atomic mass is 32.2. The summed E-state index contributed by atoms with van der Waals surface area (Å²) in [6.45, 7) is 10.0. The Bertz CT molecular complexity index is 1100. The number of hydrogen-bond acceptors (Lipinski definition) is 4. The highest BCUT2D eigenvalue weighted by Gasteiger charge is 2.31. The number of benzene rings is 2.